The van der Waals surface area contributed by atoms with E-state index in [0.29, 0.717) is 0 Å². The molecule has 0 unspecified atom stereocenters. The Labute approximate surface area is 304 Å². The quantitative estimate of drug-likeness (QED) is 0.184. The number of hydrogen-bond donors (Lipinski definition) is 0. The highest BCUT2D eigenvalue weighted by Gasteiger charge is 2.52. The molecule has 2 heterocycles. The highest BCUT2D eigenvalue weighted by atomic mass is 32.1. The summed E-state index contributed by atoms with van der Waals surface area (Å²) in [4.78, 5) is 9.10. The Bertz CT molecular complexity index is 2730. The van der Waals surface area contributed by atoms with Crippen molar-refractivity contribution in [3.8, 4) is 65.6 Å². The molecule has 2 aliphatic carbocycles. The first-order valence-electron chi connectivity index (χ1n) is 17.2. The number of hydrogen-bond acceptors (Lipinski definition) is 4. The summed E-state index contributed by atoms with van der Waals surface area (Å²) in [5, 5.41) is 8.71. The molecule has 0 amide bonds. The van der Waals surface area contributed by atoms with E-state index in [1.165, 1.54) is 77.5 Å². The van der Waals surface area contributed by atoms with Gasteiger partial charge in [0, 0.05) is 34.3 Å². The summed E-state index contributed by atoms with van der Waals surface area (Å²) in [6.07, 6.45) is 3.75. The summed E-state index contributed by atoms with van der Waals surface area (Å²) >= 11 is 3.35. The molecule has 0 bridgehead atoms. The maximum absolute atomic E-state index is 4.56. The predicted molar refractivity (Wildman–Crippen MR) is 213 cm³/mol. The smallest absolute Gasteiger partial charge is 0.123 e. The Morgan fingerprint density at radius 1 is 0.373 bits per heavy atom. The zero-order valence-corrected chi connectivity index (χ0v) is 29.0. The van der Waals surface area contributed by atoms with Gasteiger partial charge in [-0.1, -0.05) is 133 Å². The number of benzene rings is 7. The van der Waals surface area contributed by atoms with E-state index >= 15 is 0 Å². The van der Waals surface area contributed by atoms with Crippen LogP contribution in [0.15, 0.2) is 169 Å². The Morgan fingerprint density at radius 3 is 1.51 bits per heavy atom. The van der Waals surface area contributed by atoms with Gasteiger partial charge in [-0.2, -0.15) is 0 Å². The van der Waals surface area contributed by atoms with Gasteiger partial charge in [0.15, 0.2) is 0 Å². The van der Waals surface area contributed by atoms with Gasteiger partial charge in [-0.3, -0.25) is 0 Å². The molecule has 4 heteroatoms. The van der Waals surface area contributed by atoms with Gasteiger partial charge in [-0.15, -0.1) is 22.7 Å². The van der Waals surface area contributed by atoms with Crippen molar-refractivity contribution in [1.29, 1.82) is 0 Å². The molecule has 0 saturated carbocycles. The van der Waals surface area contributed by atoms with Crippen molar-refractivity contribution in [2.24, 2.45) is 0 Å². The molecule has 238 valence electrons. The third-order valence-electron chi connectivity index (χ3n) is 10.9. The molecule has 11 rings (SSSR count). The van der Waals surface area contributed by atoms with Crippen LogP contribution in [0.5, 0.6) is 0 Å². The number of fused-ring (bicyclic) bond motifs is 12. The number of aromatic nitrogens is 2. The van der Waals surface area contributed by atoms with Gasteiger partial charge in [0.25, 0.3) is 0 Å². The molecule has 2 nitrogen and oxygen atoms in total. The van der Waals surface area contributed by atoms with E-state index in [1.807, 2.05) is 23.2 Å². The van der Waals surface area contributed by atoms with E-state index in [2.05, 4.69) is 156 Å². The lowest BCUT2D eigenvalue weighted by Crippen LogP contribution is -2.26. The van der Waals surface area contributed by atoms with E-state index in [9.17, 15) is 0 Å². The molecule has 0 N–H and O–H groups in total. The Balaban J connectivity index is 1.19. The summed E-state index contributed by atoms with van der Waals surface area (Å²) in [5.74, 6) is 0. The van der Waals surface area contributed by atoms with Crippen LogP contribution in [-0.2, 0) is 5.41 Å². The van der Waals surface area contributed by atoms with Crippen LogP contribution in [0.3, 0.4) is 0 Å². The van der Waals surface area contributed by atoms with Crippen LogP contribution in [0.25, 0.3) is 76.4 Å². The van der Waals surface area contributed by atoms with Crippen molar-refractivity contribution >= 4 is 33.4 Å². The summed E-state index contributed by atoms with van der Waals surface area (Å²) in [6, 6.07) is 54.6. The van der Waals surface area contributed by atoms with E-state index in [4.69, 9.17) is 0 Å². The SMILES string of the molecule is c1ccc2c(c1)-c1ccccc1C21c2cc(-c3ccc(-c4nccs4)cc3)ccc2-c2c1cc(-c1ccc(-c3nccs3)cc1)c1ccccc21. The highest BCUT2D eigenvalue weighted by molar-refractivity contribution is 7.13. The lowest BCUT2D eigenvalue weighted by molar-refractivity contribution is 0.795. The average molecular weight is 685 g/mol. The molecule has 51 heavy (non-hydrogen) atoms. The van der Waals surface area contributed by atoms with Crippen LogP contribution in [0, 0.1) is 0 Å². The molecule has 0 fully saturated rings. The van der Waals surface area contributed by atoms with E-state index in [0.717, 1.165) is 21.1 Å². The van der Waals surface area contributed by atoms with E-state index in [1.54, 1.807) is 22.7 Å². The number of thiazole rings is 2. The van der Waals surface area contributed by atoms with Gasteiger partial charge in [0.1, 0.15) is 10.0 Å². The molecule has 2 aliphatic rings. The normalized spacial score (nSPS) is 13.3. The first-order valence-corrected chi connectivity index (χ1v) is 19.0. The van der Waals surface area contributed by atoms with Gasteiger partial charge < -0.3 is 0 Å². The van der Waals surface area contributed by atoms with Crippen LogP contribution in [-0.4, -0.2) is 9.97 Å². The second kappa shape index (κ2) is 11.0. The maximum Gasteiger partial charge on any atom is 0.123 e. The van der Waals surface area contributed by atoms with Crippen molar-refractivity contribution in [1.82, 2.24) is 9.97 Å². The molecule has 7 aromatic carbocycles. The second-order valence-electron chi connectivity index (χ2n) is 13.3. The molecular formula is C47H28N2S2. The minimum Gasteiger partial charge on any atom is -0.245 e. The van der Waals surface area contributed by atoms with Gasteiger partial charge in [0.05, 0.1) is 5.41 Å². The second-order valence-corrected chi connectivity index (χ2v) is 15.1. The van der Waals surface area contributed by atoms with E-state index < -0.39 is 5.41 Å². The topological polar surface area (TPSA) is 25.8 Å². The van der Waals surface area contributed by atoms with Crippen molar-refractivity contribution in [3.63, 3.8) is 0 Å². The van der Waals surface area contributed by atoms with Crippen molar-refractivity contribution in [2.75, 3.05) is 0 Å². The van der Waals surface area contributed by atoms with Gasteiger partial charge in [0.2, 0.25) is 0 Å². The molecule has 9 aromatic rings. The van der Waals surface area contributed by atoms with Gasteiger partial charge in [-0.25, -0.2) is 9.97 Å². The Kier molecular flexibility index (Phi) is 6.24. The monoisotopic (exact) mass is 684 g/mol. The first kappa shape index (κ1) is 28.9. The summed E-state index contributed by atoms with van der Waals surface area (Å²) in [7, 11) is 0. The standard InChI is InChI=1S/C47H28N2S2/c1-2-10-37-34(7-1)39(30-15-19-32(20-16-30)46-49-24-26-51-46)28-43-44(37)38-22-21-33(29-13-17-31(18-14-29)45-48-23-25-50-45)27-42(38)47(43)40-11-5-3-8-35(40)36-9-4-6-12-41(36)47/h1-28H. The van der Waals surface area contributed by atoms with E-state index in [-0.39, 0.29) is 0 Å². The van der Waals surface area contributed by atoms with Crippen LogP contribution in [0.2, 0.25) is 0 Å². The minimum atomic E-state index is -0.464. The van der Waals surface area contributed by atoms with Gasteiger partial charge in [-0.05, 0) is 89.7 Å². The van der Waals surface area contributed by atoms with Crippen LogP contribution in [0.4, 0.5) is 0 Å². The maximum atomic E-state index is 4.56. The van der Waals surface area contributed by atoms with Crippen LogP contribution in [0.1, 0.15) is 22.3 Å². The number of nitrogens with zero attached hydrogens (tertiary/aromatic N) is 2. The Morgan fingerprint density at radius 2 is 0.902 bits per heavy atom. The fourth-order valence-corrected chi connectivity index (χ4v) is 10.0. The Hall–Kier alpha value is -5.94. The molecular weight excluding hydrogens is 657 g/mol. The lowest BCUT2D eigenvalue weighted by Gasteiger charge is -2.31. The van der Waals surface area contributed by atoms with Gasteiger partial charge >= 0.3 is 0 Å². The summed E-state index contributed by atoms with van der Waals surface area (Å²) in [5.41, 5.74) is 17.4. The lowest BCUT2D eigenvalue weighted by atomic mass is 9.69. The minimum absolute atomic E-state index is 0.464. The highest BCUT2D eigenvalue weighted by Crippen LogP contribution is 2.64. The zero-order chi connectivity index (χ0) is 33.5. The zero-order valence-electron chi connectivity index (χ0n) is 27.4. The van der Waals surface area contributed by atoms with Crippen molar-refractivity contribution in [2.45, 2.75) is 5.41 Å². The molecule has 2 aromatic heterocycles. The van der Waals surface area contributed by atoms with Crippen molar-refractivity contribution in [3.05, 3.63) is 191 Å². The molecule has 1 spiro atoms. The summed E-state index contributed by atoms with van der Waals surface area (Å²) in [6.45, 7) is 0. The average Bonchev–Trinajstić information content (AvgIpc) is 4.02. The summed E-state index contributed by atoms with van der Waals surface area (Å²) < 4.78 is 0. The van der Waals surface area contributed by atoms with Crippen LogP contribution >= 0.6 is 22.7 Å². The van der Waals surface area contributed by atoms with Crippen LogP contribution < -0.4 is 0 Å². The third-order valence-corrected chi connectivity index (χ3v) is 12.5. The fraction of sp³-hybridized carbons (Fsp3) is 0.0213. The molecule has 0 saturated heterocycles. The molecule has 0 radical (unpaired) electrons. The third kappa shape index (κ3) is 4.09. The number of rotatable bonds is 4. The molecule has 0 atom stereocenters. The largest absolute Gasteiger partial charge is 0.245 e. The predicted octanol–water partition coefficient (Wildman–Crippen LogP) is 12.8. The fourth-order valence-electron chi connectivity index (χ4n) is 8.74. The molecule has 0 aliphatic heterocycles. The first-order chi connectivity index (χ1) is 25.3. The van der Waals surface area contributed by atoms with Crippen molar-refractivity contribution < 1.29 is 0 Å².